The largest absolute Gasteiger partial charge is 0.382 e. The molecule has 0 heterocycles. The second-order valence-corrected chi connectivity index (χ2v) is 3.83. The zero-order valence-electron chi connectivity index (χ0n) is 7.54. The van der Waals surface area contributed by atoms with Gasteiger partial charge in [-0.1, -0.05) is 11.6 Å². The predicted molar refractivity (Wildman–Crippen MR) is 52.1 cm³/mol. The molecular weight excluding hydrogens is 188 g/mol. The molecule has 1 N–H and O–H groups in total. The monoisotopic (exact) mass is 198 g/mol. The topological polar surface area (TPSA) is 37.3 Å². The lowest BCUT2D eigenvalue weighted by molar-refractivity contribution is 0.0488. The molecule has 0 aliphatic carbocycles. The number of carbonyl (C=O) groups excluding carboxylic acids is 1. The van der Waals surface area contributed by atoms with Crippen LogP contribution in [0.25, 0.3) is 0 Å². The first kappa shape index (κ1) is 10.2. The van der Waals surface area contributed by atoms with Gasteiger partial charge in [-0.15, -0.1) is 0 Å². The van der Waals surface area contributed by atoms with E-state index in [0.717, 1.165) is 0 Å². The fourth-order valence-electron chi connectivity index (χ4n) is 0.954. The molecule has 0 saturated heterocycles. The van der Waals surface area contributed by atoms with E-state index in [9.17, 15) is 9.90 Å². The summed E-state index contributed by atoms with van der Waals surface area (Å²) in [6.45, 7) is 2.92. The van der Waals surface area contributed by atoms with Crippen LogP contribution in [0.5, 0.6) is 0 Å². The van der Waals surface area contributed by atoms with Crippen LogP contribution in [0.1, 0.15) is 24.2 Å². The zero-order valence-corrected chi connectivity index (χ0v) is 8.30. The maximum atomic E-state index is 11.5. The Labute approximate surface area is 82.2 Å². The number of rotatable bonds is 2. The highest BCUT2D eigenvalue weighted by Crippen LogP contribution is 2.15. The lowest BCUT2D eigenvalue weighted by Crippen LogP contribution is -2.30. The van der Waals surface area contributed by atoms with Crippen molar-refractivity contribution in [3.8, 4) is 0 Å². The normalized spacial score (nSPS) is 11.4. The summed E-state index contributed by atoms with van der Waals surface area (Å²) in [7, 11) is 0. The summed E-state index contributed by atoms with van der Waals surface area (Å²) in [6, 6.07) is 6.45. The third-order valence-electron chi connectivity index (χ3n) is 1.66. The zero-order chi connectivity index (χ0) is 10.1. The van der Waals surface area contributed by atoms with Crippen molar-refractivity contribution in [1.82, 2.24) is 0 Å². The lowest BCUT2D eigenvalue weighted by Gasteiger charge is -2.15. The predicted octanol–water partition coefficient (Wildman–Crippen LogP) is 2.29. The summed E-state index contributed by atoms with van der Waals surface area (Å²) < 4.78 is 0. The Hall–Kier alpha value is -0.860. The molecule has 0 radical (unpaired) electrons. The third-order valence-corrected chi connectivity index (χ3v) is 1.91. The van der Waals surface area contributed by atoms with Gasteiger partial charge in [0.15, 0.2) is 5.78 Å². The van der Waals surface area contributed by atoms with Crippen LogP contribution in [0.3, 0.4) is 0 Å². The molecule has 70 valence electrons. The van der Waals surface area contributed by atoms with Crippen molar-refractivity contribution < 1.29 is 9.90 Å². The molecule has 1 rings (SSSR count). The van der Waals surface area contributed by atoms with Crippen molar-refractivity contribution in [2.45, 2.75) is 19.4 Å². The van der Waals surface area contributed by atoms with Gasteiger partial charge in [0.25, 0.3) is 0 Å². The van der Waals surface area contributed by atoms with Crippen LogP contribution in [-0.2, 0) is 0 Å². The SMILES string of the molecule is CC(C)(O)C(=O)c1ccc(Cl)cc1. The summed E-state index contributed by atoms with van der Waals surface area (Å²) >= 11 is 5.66. The Balaban J connectivity index is 2.97. The van der Waals surface area contributed by atoms with Gasteiger partial charge < -0.3 is 5.11 Å². The van der Waals surface area contributed by atoms with E-state index in [1.54, 1.807) is 24.3 Å². The van der Waals surface area contributed by atoms with Gasteiger partial charge in [-0.25, -0.2) is 0 Å². The maximum Gasteiger partial charge on any atom is 0.193 e. The van der Waals surface area contributed by atoms with Crippen molar-refractivity contribution >= 4 is 17.4 Å². The van der Waals surface area contributed by atoms with Crippen LogP contribution >= 0.6 is 11.6 Å². The summed E-state index contributed by atoms with van der Waals surface area (Å²) in [4.78, 5) is 11.5. The fraction of sp³-hybridized carbons (Fsp3) is 0.300. The molecule has 0 aromatic heterocycles. The lowest BCUT2D eigenvalue weighted by atomic mass is 9.97. The van der Waals surface area contributed by atoms with E-state index in [4.69, 9.17) is 11.6 Å². The Kier molecular flexibility index (Phi) is 2.74. The van der Waals surface area contributed by atoms with Crippen LogP contribution < -0.4 is 0 Å². The Morgan fingerprint density at radius 3 is 2.15 bits per heavy atom. The van der Waals surface area contributed by atoms with E-state index in [2.05, 4.69) is 0 Å². The van der Waals surface area contributed by atoms with E-state index in [-0.39, 0.29) is 5.78 Å². The van der Waals surface area contributed by atoms with Crippen molar-refractivity contribution in [2.24, 2.45) is 0 Å². The molecular formula is C10H11ClO2. The molecule has 0 amide bonds. The number of carbonyl (C=O) groups is 1. The molecule has 1 aromatic rings. The van der Waals surface area contributed by atoms with E-state index >= 15 is 0 Å². The van der Waals surface area contributed by atoms with Crippen LogP contribution in [0.15, 0.2) is 24.3 Å². The van der Waals surface area contributed by atoms with Crippen molar-refractivity contribution in [1.29, 1.82) is 0 Å². The van der Waals surface area contributed by atoms with Gasteiger partial charge in [0.05, 0.1) is 0 Å². The second-order valence-electron chi connectivity index (χ2n) is 3.40. The van der Waals surface area contributed by atoms with E-state index in [1.807, 2.05) is 0 Å². The Morgan fingerprint density at radius 1 is 1.31 bits per heavy atom. The molecule has 0 atom stereocenters. The summed E-state index contributed by atoms with van der Waals surface area (Å²) in [5, 5.41) is 10.0. The minimum absolute atomic E-state index is 0.302. The molecule has 0 saturated carbocycles. The average Bonchev–Trinajstić information content (AvgIpc) is 2.03. The van der Waals surface area contributed by atoms with Crippen LogP contribution in [0.2, 0.25) is 5.02 Å². The first-order valence-electron chi connectivity index (χ1n) is 3.94. The third kappa shape index (κ3) is 2.54. The van der Waals surface area contributed by atoms with Crippen molar-refractivity contribution in [2.75, 3.05) is 0 Å². The van der Waals surface area contributed by atoms with Crippen LogP contribution in [-0.4, -0.2) is 16.5 Å². The van der Waals surface area contributed by atoms with Gasteiger partial charge in [-0.3, -0.25) is 4.79 Å². The highest BCUT2D eigenvalue weighted by atomic mass is 35.5. The van der Waals surface area contributed by atoms with Crippen molar-refractivity contribution in [3.63, 3.8) is 0 Å². The van der Waals surface area contributed by atoms with Gasteiger partial charge in [0, 0.05) is 10.6 Å². The molecule has 0 unspecified atom stereocenters. The van der Waals surface area contributed by atoms with Crippen LogP contribution in [0, 0.1) is 0 Å². The Morgan fingerprint density at radius 2 is 1.77 bits per heavy atom. The second kappa shape index (κ2) is 3.48. The smallest absolute Gasteiger partial charge is 0.193 e. The molecule has 0 fully saturated rings. The first-order valence-corrected chi connectivity index (χ1v) is 4.32. The molecule has 13 heavy (non-hydrogen) atoms. The number of Topliss-reactive ketones (excluding diaryl/α,β-unsaturated/α-hetero) is 1. The minimum Gasteiger partial charge on any atom is -0.382 e. The minimum atomic E-state index is -1.33. The van der Waals surface area contributed by atoms with Crippen molar-refractivity contribution in [3.05, 3.63) is 34.9 Å². The summed E-state index contributed by atoms with van der Waals surface area (Å²) in [5.41, 5.74) is -0.856. The molecule has 0 aliphatic rings. The molecule has 3 heteroatoms. The number of aliphatic hydroxyl groups is 1. The van der Waals surface area contributed by atoms with Gasteiger partial charge in [-0.05, 0) is 38.1 Å². The molecule has 0 spiro atoms. The highest BCUT2D eigenvalue weighted by Gasteiger charge is 2.24. The van der Waals surface area contributed by atoms with E-state index in [0.29, 0.717) is 10.6 Å². The van der Waals surface area contributed by atoms with Gasteiger partial charge in [0.1, 0.15) is 5.60 Å². The molecule has 1 aromatic carbocycles. The molecule has 0 aliphatic heterocycles. The standard InChI is InChI=1S/C10H11ClO2/c1-10(2,13)9(12)7-3-5-8(11)6-4-7/h3-6,13H,1-2H3. The first-order chi connectivity index (χ1) is 5.91. The van der Waals surface area contributed by atoms with E-state index in [1.165, 1.54) is 13.8 Å². The van der Waals surface area contributed by atoms with Gasteiger partial charge in [0.2, 0.25) is 0 Å². The number of halogens is 1. The van der Waals surface area contributed by atoms with E-state index < -0.39 is 5.60 Å². The van der Waals surface area contributed by atoms with Crippen LogP contribution in [0.4, 0.5) is 0 Å². The number of hydrogen-bond acceptors (Lipinski definition) is 2. The Bertz CT molecular complexity index is 309. The van der Waals surface area contributed by atoms with Gasteiger partial charge in [-0.2, -0.15) is 0 Å². The summed E-state index contributed by atoms with van der Waals surface area (Å²) in [6.07, 6.45) is 0. The average molecular weight is 199 g/mol. The molecule has 0 bridgehead atoms. The number of benzene rings is 1. The highest BCUT2D eigenvalue weighted by molar-refractivity contribution is 6.30. The summed E-state index contributed by atoms with van der Waals surface area (Å²) in [5.74, 6) is -0.302. The molecule has 2 nitrogen and oxygen atoms in total. The number of ketones is 1. The quantitative estimate of drug-likeness (QED) is 0.741. The van der Waals surface area contributed by atoms with Gasteiger partial charge >= 0.3 is 0 Å². The fourth-order valence-corrected chi connectivity index (χ4v) is 1.08. The number of hydrogen-bond donors (Lipinski definition) is 1. The maximum absolute atomic E-state index is 11.5.